The van der Waals surface area contributed by atoms with Crippen LogP contribution in [0.15, 0.2) is 67.0 Å². The van der Waals surface area contributed by atoms with Crippen LogP contribution in [0.2, 0.25) is 5.15 Å². The Balaban J connectivity index is 2.06. The Hall–Kier alpha value is -2.65. The highest BCUT2D eigenvalue weighted by molar-refractivity contribution is 6.34. The number of aromatic nitrogens is 3. The van der Waals surface area contributed by atoms with E-state index in [1.165, 1.54) is 0 Å². The number of imidazole rings is 1. The fourth-order valence-electron chi connectivity index (χ4n) is 3.07. The fraction of sp³-hybridized carbons (Fsp3) is 0.100. The largest absolute Gasteiger partial charge is 0.287 e. The first-order chi connectivity index (χ1) is 11.8. The molecule has 0 fully saturated rings. The van der Waals surface area contributed by atoms with Gasteiger partial charge in [0.2, 0.25) is 0 Å². The number of fused-ring (bicyclic) bond motifs is 1. The zero-order chi connectivity index (χ0) is 16.5. The van der Waals surface area contributed by atoms with Crippen molar-refractivity contribution in [2.75, 3.05) is 0 Å². The number of benzene rings is 2. The van der Waals surface area contributed by atoms with Crippen LogP contribution >= 0.6 is 11.6 Å². The maximum absolute atomic E-state index is 6.61. The van der Waals surface area contributed by atoms with Crippen molar-refractivity contribution in [3.05, 3.63) is 78.0 Å². The molecule has 2 heterocycles. The van der Waals surface area contributed by atoms with Gasteiger partial charge in [0, 0.05) is 29.8 Å². The number of aryl methyl sites for hydroxylation is 1. The van der Waals surface area contributed by atoms with Crippen LogP contribution in [0.5, 0.6) is 0 Å². The van der Waals surface area contributed by atoms with Gasteiger partial charge in [0.25, 0.3) is 0 Å². The highest BCUT2D eigenvalue weighted by atomic mass is 35.5. The Bertz CT molecular complexity index is 1010. The van der Waals surface area contributed by atoms with Gasteiger partial charge in [0.05, 0.1) is 0 Å². The molecule has 24 heavy (non-hydrogen) atoms. The van der Waals surface area contributed by atoms with E-state index in [0.29, 0.717) is 5.15 Å². The second-order valence-corrected chi connectivity index (χ2v) is 5.94. The molecule has 0 spiro atoms. The van der Waals surface area contributed by atoms with Crippen molar-refractivity contribution in [3.8, 4) is 16.9 Å². The summed E-state index contributed by atoms with van der Waals surface area (Å²) in [6, 6.07) is 18.4. The minimum Gasteiger partial charge on any atom is -0.287 e. The van der Waals surface area contributed by atoms with Crippen LogP contribution in [-0.2, 0) is 6.42 Å². The predicted octanol–water partition coefficient (Wildman–Crippen LogP) is 5.30. The van der Waals surface area contributed by atoms with Crippen LogP contribution in [-0.4, -0.2) is 14.5 Å². The molecule has 0 radical (unpaired) electrons. The third-order valence-electron chi connectivity index (χ3n) is 4.17. The average molecular weight is 334 g/mol. The van der Waals surface area contributed by atoms with Crippen molar-refractivity contribution in [1.82, 2.24) is 14.5 Å². The Morgan fingerprint density at radius 1 is 0.958 bits per heavy atom. The van der Waals surface area contributed by atoms with Gasteiger partial charge >= 0.3 is 0 Å². The molecule has 0 saturated carbocycles. The average Bonchev–Trinajstić information content (AvgIpc) is 3.10. The van der Waals surface area contributed by atoms with Crippen molar-refractivity contribution in [2.45, 2.75) is 13.3 Å². The summed E-state index contributed by atoms with van der Waals surface area (Å²) in [6.07, 6.45) is 4.57. The Labute approximate surface area is 145 Å². The summed E-state index contributed by atoms with van der Waals surface area (Å²) in [5.74, 6) is 1.79. The molecule has 3 nitrogen and oxygen atoms in total. The zero-order valence-electron chi connectivity index (χ0n) is 13.3. The molecule has 0 aliphatic rings. The SMILES string of the molecule is CCc1nccn1-c1nc(Cl)c(-c2ccccc2)c2ccccc12. The Morgan fingerprint density at radius 3 is 2.42 bits per heavy atom. The summed E-state index contributed by atoms with van der Waals surface area (Å²) in [6.45, 7) is 2.08. The molecule has 0 saturated heterocycles. The molecule has 0 atom stereocenters. The van der Waals surface area contributed by atoms with Gasteiger partial charge in [-0.25, -0.2) is 9.97 Å². The quantitative estimate of drug-likeness (QED) is 0.476. The second-order valence-electron chi connectivity index (χ2n) is 5.58. The molecule has 4 heteroatoms. The summed E-state index contributed by atoms with van der Waals surface area (Å²) < 4.78 is 2.02. The van der Waals surface area contributed by atoms with E-state index in [1.54, 1.807) is 6.20 Å². The van der Waals surface area contributed by atoms with E-state index in [1.807, 2.05) is 41.1 Å². The Kier molecular flexibility index (Phi) is 3.79. The van der Waals surface area contributed by atoms with Gasteiger partial charge in [0.15, 0.2) is 0 Å². The topological polar surface area (TPSA) is 30.7 Å². The van der Waals surface area contributed by atoms with E-state index < -0.39 is 0 Å². The fourth-order valence-corrected chi connectivity index (χ4v) is 3.36. The lowest BCUT2D eigenvalue weighted by molar-refractivity contribution is 0.874. The van der Waals surface area contributed by atoms with E-state index in [2.05, 4.69) is 36.2 Å². The first-order valence-electron chi connectivity index (χ1n) is 7.96. The third kappa shape index (κ3) is 2.38. The van der Waals surface area contributed by atoms with E-state index in [-0.39, 0.29) is 0 Å². The zero-order valence-corrected chi connectivity index (χ0v) is 14.0. The predicted molar refractivity (Wildman–Crippen MR) is 98.7 cm³/mol. The maximum atomic E-state index is 6.61. The van der Waals surface area contributed by atoms with E-state index >= 15 is 0 Å². The summed E-state index contributed by atoms with van der Waals surface area (Å²) in [5.41, 5.74) is 2.04. The van der Waals surface area contributed by atoms with Gasteiger partial charge in [0.1, 0.15) is 16.8 Å². The minimum absolute atomic E-state index is 0.505. The molecule has 2 aromatic carbocycles. The molecule has 0 N–H and O–H groups in total. The van der Waals surface area contributed by atoms with Gasteiger partial charge in [-0.3, -0.25) is 4.57 Å². The lowest BCUT2D eigenvalue weighted by atomic mass is 10.0. The summed E-state index contributed by atoms with van der Waals surface area (Å²) >= 11 is 6.61. The van der Waals surface area contributed by atoms with Gasteiger partial charge in [-0.1, -0.05) is 73.1 Å². The first-order valence-corrected chi connectivity index (χ1v) is 8.33. The Morgan fingerprint density at radius 2 is 1.67 bits per heavy atom. The van der Waals surface area contributed by atoms with E-state index in [0.717, 1.165) is 40.0 Å². The summed E-state index contributed by atoms with van der Waals surface area (Å²) in [7, 11) is 0. The van der Waals surface area contributed by atoms with Crippen molar-refractivity contribution in [2.24, 2.45) is 0 Å². The monoisotopic (exact) mass is 333 g/mol. The highest BCUT2D eigenvalue weighted by Gasteiger charge is 2.16. The van der Waals surface area contributed by atoms with E-state index in [9.17, 15) is 0 Å². The highest BCUT2D eigenvalue weighted by Crippen LogP contribution is 2.36. The van der Waals surface area contributed by atoms with Crippen LogP contribution < -0.4 is 0 Å². The van der Waals surface area contributed by atoms with Crippen molar-refractivity contribution in [3.63, 3.8) is 0 Å². The molecule has 0 unspecified atom stereocenters. The van der Waals surface area contributed by atoms with Gasteiger partial charge in [-0.15, -0.1) is 0 Å². The summed E-state index contributed by atoms with van der Waals surface area (Å²) in [5, 5.41) is 2.66. The summed E-state index contributed by atoms with van der Waals surface area (Å²) in [4.78, 5) is 9.13. The number of halogens is 1. The van der Waals surface area contributed by atoms with Crippen LogP contribution in [0, 0.1) is 0 Å². The van der Waals surface area contributed by atoms with Crippen LogP contribution in [0.25, 0.3) is 27.7 Å². The molecule has 0 aliphatic heterocycles. The lowest BCUT2D eigenvalue weighted by Crippen LogP contribution is -2.04. The molecular formula is C20H16ClN3. The molecule has 118 valence electrons. The van der Waals surface area contributed by atoms with Gasteiger partial charge in [-0.2, -0.15) is 0 Å². The second kappa shape index (κ2) is 6.10. The molecule has 0 aliphatic carbocycles. The number of hydrogen-bond donors (Lipinski definition) is 0. The standard InChI is InChI=1S/C20H16ClN3/c1-2-17-22-12-13-24(17)20-16-11-7-6-10-15(16)18(19(21)23-20)14-8-4-3-5-9-14/h3-13H,2H2,1H3. The third-order valence-corrected chi connectivity index (χ3v) is 4.45. The molecule has 0 amide bonds. The first kappa shape index (κ1) is 14.9. The maximum Gasteiger partial charge on any atom is 0.147 e. The minimum atomic E-state index is 0.505. The molecule has 4 aromatic rings. The van der Waals surface area contributed by atoms with Crippen molar-refractivity contribution in [1.29, 1.82) is 0 Å². The van der Waals surface area contributed by atoms with Crippen molar-refractivity contribution >= 4 is 22.4 Å². The number of nitrogens with zero attached hydrogens (tertiary/aromatic N) is 3. The van der Waals surface area contributed by atoms with E-state index in [4.69, 9.17) is 16.6 Å². The number of rotatable bonds is 3. The number of pyridine rings is 1. The molecular weight excluding hydrogens is 318 g/mol. The smallest absolute Gasteiger partial charge is 0.147 e. The molecule has 2 aromatic heterocycles. The number of hydrogen-bond acceptors (Lipinski definition) is 2. The van der Waals surface area contributed by atoms with Crippen molar-refractivity contribution < 1.29 is 0 Å². The van der Waals surface area contributed by atoms with Crippen LogP contribution in [0.3, 0.4) is 0 Å². The lowest BCUT2D eigenvalue weighted by Gasteiger charge is -2.14. The normalized spacial score (nSPS) is 11.1. The van der Waals surface area contributed by atoms with Crippen LogP contribution in [0.4, 0.5) is 0 Å². The van der Waals surface area contributed by atoms with Gasteiger partial charge in [-0.05, 0) is 10.9 Å². The molecule has 0 bridgehead atoms. The van der Waals surface area contributed by atoms with Crippen LogP contribution in [0.1, 0.15) is 12.7 Å². The molecule has 4 rings (SSSR count). The van der Waals surface area contributed by atoms with Gasteiger partial charge < -0.3 is 0 Å².